The number of methoxy groups -OCH3 is 1. The standard InChI is InChI=1S/C20H19N3O3S/c1-25-15-6-4-14(5-7-15)17-9-19(24)23-12-22(11-16-3-2-8-26-16)13-27-20(23)18(17)10-21/h2-8,17H,9,11-13H2,1H3/t17-/m1/s1. The van der Waals surface area contributed by atoms with Gasteiger partial charge < -0.3 is 9.15 Å². The third-order valence-corrected chi connectivity index (χ3v) is 6.04. The fourth-order valence-corrected chi connectivity index (χ4v) is 4.59. The van der Waals surface area contributed by atoms with Gasteiger partial charge in [0.15, 0.2) is 0 Å². The molecular formula is C20H19N3O3S. The molecule has 0 saturated carbocycles. The van der Waals surface area contributed by atoms with Gasteiger partial charge in [-0.2, -0.15) is 5.26 Å². The van der Waals surface area contributed by atoms with E-state index in [4.69, 9.17) is 9.15 Å². The Balaban J connectivity index is 1.59. The fraction of sp³-hybridized carbons (Fsp3) is 0.300. The third kappa shape index (κ3) is 3.46. The second kappa shape index (κ2) is 7.51. The first-order chi connectivity index (χ1) is 13.2. The summed E-state index contributed by atoms with van der Waals surface area (Å²) >= 11 is 1.54. The number of benzene rings is 1. The van der Waals surface area contributed by atoms with Gasteiger partial charge in [0, 0.05) is 12.3 Å². The average Bonchev–Trinajstić information content (AvgIpc) is 3.21. The monoisotopic (exact) mass is 381 g/mol. The minimum atomic E-state index is -0.205. The fourth-order valence-electron chi connectivity index (χ4n) is 3.45. The molecule has 138 valence electrons. The predicted octanol–water partition coefficient (Wildman–Crippen LogP) is 3.50. The Morgan fingerprint density at radius 1 is 1.33 bits per heavy atom. The number of hydrogen-bond acceptors (Lipinski definition) is 6. The molecule has 2 aliphatic rings. The van der Waals surface area contributed by atoms with E-state index in [2.05, 4.69) is 11.0 Å². The van der Waals surface area contributed by atoms with E-state index in [1.807, 2.05) is 36.4 Å². The molecule has 1 saturated heterocycles. The molecular weight excluding hydrogens is 362 g/mol. The highest BCUT2D eigenvalue weighted by atomic mass is 32.2. The Hall–Kier alpha value is -2.69. The van der Waals surface area contributed by atoms with Crippen molar-refractivity contribution in [1.29, 1.82) is 5.26 Å². The maximum atomic E-state index is 12.8. The lowest BCUT2D eigenvalue weighted by Crippen LogP contribution is -2.46. The molecule has 1 amide bonds. The molecule has 1 aromatic heterocycles. The molecule has 0 radical (unpaired) electrons. The molecule has 2 aromatic rings. The lowest BCUT2D eigenvalue weighted by molar-refractivity contribution is -0.132. The topological polar surface area (TPSA) is 69.7 Å². The van der Waals surface area contributed by atoms with Crippen LogP contribution in [0.25, 0.3) is 0 Å². The van der Waals surface area contributed by atoms with Crippen LogP contribution >= 0.6 is 11.8 Å². The van der Waals surface area contributed by atoms with Gasteiger partial charge in [0.2, 0.25) is 5.91 Å². The Morgan fingerprint density at radius 2 is 2.15 bits per heavy atom. The lowest BCUT2D eigenvalue weighted by atomic mass is 9.86. The summed E-state index contributed by atoms with van der Waals surface area (Å²) in [6, 6.07) is 13.7. The highest BCUT2D eigenvalue weighted by Gasteiger charge is 2.38. The molecule has 0 aliphatic carbocycles. The summed E-state index contributed by atoms with van der Waals surface area (Å²) in [6.07, 6.45) is 1.95. The van der Waals surface area contributed by atoms with Crippen LogP contribution < -0.4 is 4.74 Å². The number of fused-ring (bicyclic) bond motifs is 1. The van der Waals surface area contributed by atoms with Crippen LogP contribution in [0, 0.1) is 11.3 Å². The zero-order valence-electron chi connectivity index (χ0n) is 14.9. The summed E-state index contributed by atoms with van der Waals surface area (Å²) in [5.74, 6) is 2.17. The first kappa shape index (κ1) is 17.7. The second-order valence-electron chi connectivity index (χ2n) is 6.51. The number of rotatable bonds is 4. The maximum Gasteiger partial charge on any atom is 0.229 e. The predicted molar refractivity (Wildman–Crippen MR) is 101 cm³/mol. The van der Waals surface area contributed by atoms with Crippen LogP contribution in [0.5, 0.6) is 5.75 Å². The number of thioether (sulfide) groups is 1. The summed E-state index contributed by atoms with van der Waals surface area (Å²) in [6.45, 7) is 1.11. The molecule has 0 unspecified atom stereocenters. The quantitative estimate of drug-likeness (QED) is 0.807. The largest absolute Gasteiger partial charge is 0.497 e. The summed E-state index contributed by atoms with van der Waals surface area (Å²) in [5.41, 5.74) is 1.63. The summed E-state index contributed by atoms with van der Waals surface area (Å²) < 4.78 is 10.6. The van der Waals surface area contributed by atoms with Gasteiger partial charge in [0.1, 0.15) is 11.5 Å². The van der Waals surface area contributed by atoms with Gasteiger partial charge in [-0.15, -0.1) is 0 Å². The van der Waals surface area contributed by atoms with Crippen LogP contribution in [0.2, 0.25) is 0 Å². The van der Waals surface area contributed by atoms with Gasteiger partial charge >= 0.3 is 0 Å². The molecule has 6 nitrogen and oxygen atoms in total. The van der Waals surface area contributed by atoms with E-state index in [1.54, 1.807) is 30.0 Å². The number of nitriles is 1. The highest BCUT2D eigenvalue weighted by Crippen LogP contribution is 2.42. The van der Waals surface area contributed by atoms with Crippen molar-refractivity contribution in [1.82, 2.24) is 9.80 Å². The van der Waals surface area contributed by atoms with Gasteiger partial charge in [-0.3, -0.25) is 14.6 Å². The van der Waals surface area contributed by atoms with Crippen LogP contribution in [-0.4, -0.2) is 35.4 Å². The molecule has 2 aliphatic heterocycles. The van der Waals surface area contributed by atoms with Gasteiger partial charge in [0.25, 0.3) is 0 Å². The van der Waals surface area contributed by atoms with Crippen LogP contribution in [0.3, 0.4) is 0 Å². The first-order valence-corrected chi connectivity index (χ1v) is 9.64. The maximum absolute atomic E-state index is 12.8. The van der Waals surface area contributed by atoms with E-state index >= 15 is 0 Å². The summed E-state index contributed by atoms with van der Waals surface area (Å²) in [7, 11) is 1.62. The van der Waals surface area contributed by atoms with E-state index in [9.17, 15) is 10.1 Å². The van der Waals surface area contributed by atoms with Crippen LogP contribution in [0.15, 0.2) is 57.7 Å². The smallest absolute Gasteiger partial charge is 0.229 e. The Morgan fingerprint density at radius 3 is 2.81 bits per heavy atom. The first-order valence-electron chi connectivity index (χ1n) is 8.65. The SMILES string of the molecule is COc1ccc([C@H]2CC(=O)N3CN(Cc4ccco4)CSC3=C2C#N)cc1. The molecule has 1 aromatic carbocycles. The number of furan rings is 1. The number of allylic oxidation sites excluding steroid dienone is 1. The third-order valence-electron chi connectivity index (χ3n) is 4.83. The van der Waals surface area contributed by atoms with Crippen molar-refractivity contribution >= 4 is 17.7 Å². The van der Waals surface area contributed by atoms with E-state index in [1.165, 1.54) is 0 Å². The Labute approximate surface area is 162 Å². The molecule has 1 atom stereocenters. The van der Waals surface area contributed by atoms with Crippen molar-refractivity contribution in [3.8, 4) is 11.8 Å². The zero-order chi connectivity index (χ0) is 18.8. The molecule has 0 bridgehead atoms. The van der Waals surface area contributed by atoms with Gasteiger partial charge in [-0.25, -0.2) is 0 Å². The van der Waals surface area contributed by atoms with Crippen molar-refractivity contribution in [2.24, 2.45) is 0 Å². The molecule has 3 heterocycles. The molecule has 7 heteroatoms. The van der Waals surface area contributed by atoms with Gasteiger partial charge in [-0.1, -0.05) is 23.9 Å². The van der Waals surface area contributed by atoms with Crippen molar-refractivity contribution in [3.63, 3.8) is 0 Å². The highest BCUT2D eigenvalue weighted by molar-refractivity contribution is 8.03. The molecule has 0 N–H and O–H groups in total. The van der Waals surface area contributed by atoms with Crippen LogP contribution in [-0.2, 0) is 11.3 Å². The zero-order valence-corrected chi connectivity index (χ0v) is 15.7. The normalized spacial score (nSPS) is 20.4. The van der Waals surface area contributed by atoms with Gasteiger partial charge in [0.05, 0.1) is 49.1 Å². The van der Waals surface area contributed by atoms with E-state index in [-0.39, 0.29) is 11.8 Å². The lowest BCUT2D eigenvalue weighted by Gasteiger charge is -2.41. The minimum absolute atomic E-state index is 0.0430. The van der Waals surface area contributed by atoms with Crippen LogP contribution in [0.1, 0.15) is 23.7 Å². The summed E-state index contributed by atoms with van der Waals surface area (Å²) in [5, 5.41) is 10.6. The van der Waals surface area contributed by atoms with Crippen molar-refractivity contribution in [3.05, 3.63) is 64.6 Å². The van der Waals surface area contributed by atoms with Crippen molar-refractivity contribution in [2.75, 3.05) is 19.7 Å². The van der Waals surface area contributed by atoms with Crippen molar-refractivity contribution in [2.45, 2.75) is 18.9 Å². The van der Waals surface area contributed by atoms with Gasteiger partial charge in [-0.05, 0) is 29.8 Å². The minimum Gasteiger partial charge on any atom is -0.497 e. The number of ether oxygens (including phenoxy) is 1. The van der Waals surface area contributed by atoms with E-state index in [0.717, 1.165) is 22.1 Å². The number of nitrogens with zero attached hydrogens (tertiary/aromatic N) is 3. The average molecular weight is 381 g/mol. The molecule has 1 fully saturated rings. The van der Waals surface area contributed by atoms with Crippen LogP contribution in [0.4, 0.5) is 0 Å². The number of hydrogen-bond donors (Lipinski definition) is 0. The molecule has 0 spiro atoms. The van der Waals surface area contributed by atoms with E-state index < -0.39 is 0 Å². The number of carbonyl (C=O) groups is 1. The molecule has 4 rings (SSSR count). The van der Waals surface area contributed by atoms with E-state index in [0.29, 0.717) is 31.1 Å². The van der Waals surface area contributed by atoms with Crippen molar-refractivity contribution < 1.29 is 13.9 Å². The Bertz CT molecular complexity index is 900. The Kier molecular flexibility index (Phi) is 4.92. The summed E-state index contributed by atoms with van der Waals surface area (Å²) in [4.78, 5) is 16.7. The molecule has 27 heavy (non-hydrogen) atoms. The number of amides is 1. The second-order valence-corrected chi connectivity index (χ2v) is 7.44. The number of carbonyl (C=O) groups excluding carboxylic acids is 1.